The predicted octanol–water partition coefficient (Wildman–Crippen LogP) is 3.43. The Hall–Kier alpha value is -3.20. The Kier molecular flexibility index (Phi) is 4.81. The van der Waals surface area contributed by atoms with Gasteiger partial charge in [-0.2, -0.15) is 0 Å². The average molecular weight is 440 g/mol. The van der Waals surface area contributed by atoms with Crippen LogP contribution in [0.25, 0.3) is 16.7 Å². The summed E-state index contributed by atoms with van der Waals surface area (Å²) in [5.74, 6) is 0. The van der Waals surface area contributed by atoms with E-state index in [9.17, 15) is 13.6 Å². The number of pyridine rings is 1. The van der Waals surface area contributed by atoms with E-state index in [0.29, 0.717) is 24.3 Å². The van der Waals surface area contributed by atoms with Gasteiger partial charge in [0.05, 0.1) is 17.4 Å². The van der Waals surface area contributed by atoms with Crippen molar-refractivity contribution in [1.82, 2.24) is 24.1 Å². The number of benzene rings is 1. The van der Waals surface area contributed by atoms with Crippen LogP contribution in [-0.2, 0) is 20.5 Å². The smallest absolute Gasteiger partial charge is 0.329 e. The third-order valence-electron chi connectivity index (χ3n) is 6.63. The van der Waals surface area contributed by atoms with Crippen molar-refractivity contribution in [3.63, 3.8) is 0 Å². The number of fused-ring (bicyclic) bond motifs is 2. The quantitative estimate of drug-likeness (QED) is 0.625. The minimum absolute atomic E-state index is 0.0479. The Morgan fingerprint density at radius 1 is 1.06 bits per heavy atom. The number of likely N-dealkylation sites (N-methyl/N-ethyl adjacent to an activating group) is 1. The van der Waals surface area contributed by atoms with Crippen LogP contribution in [-0.4, -0.2) is 51.3 Å². The van der Waals surface area contributed by atoms with Crippen LogP contribution >= 0.6 is 0 Å². The Morgan fingerprint density at radius 2 is 1.84 bits per heavy atom. The third kappa shape index (κ3) is 3.10. The number of aryl methyl sites for hydroxylation is 3. The van der Waals surface area contributed by atoms with Gasteiger partial charge >= 0.3 is 5.69 Å². The highest BCUT2D eigenvalue weighted by molar-refractivity contribution is 5.81. The van der Waals surface area contributed by atoms with Crippen LogP contribution in [0.2, 0.25) is 0 Å². The highest BCUT2D eigenvalue weighted by Crippen LogP contribution is 2.41. The number of nitrogens with zero attached hydrogens (tertiary/aromatic N) is 6. The first kappa shape index (κ1) is 20.7. The van der Waals surface area contributed by atoms with E-state index in [-0.39, 0.29) is 11.3 Å². The van der Waals surface area contributed by atoms with Crippen molar-refractivity contribution in [2.75, 3.05) is 32.1 Å². The fourth-order valence-corrected chi connectivity index (χ4v) is 4.76. The van der Waals surface area contributed by atoms with Crippen LogP contribution < -0.4 is 10.6 Å². The maximum atomic E-state index is 14.2. The molecule has 0 atom stereocenters. The molecule has 32 heavy (non-hydrogen) atoms. The van der Waals surface area contributed by atoms with Crippen molar-refractivity contribution in [1.29, 1.82) is 0 Å². The molecule has 2 aliphatic rings. The van der Waals surface area contributed by atoms with Crippen molar-refractivity contribution in [3.05, 3.63) is 57.8 Å². The van der Waals surface area contributed by atoms with E-state index in [1.807, 2.05) is 47.3 Å². The summed E-state index contributed by atoms with van der Waals surface area (Å²) in [5, 5.41) is 3.91. The molecule has 0 amide bonds. The van der Waals surface area contributed by atoms with Gasteiger partial charge in [-0.25, -0.2) is 23.6 Å². The molecule has 0 saturated carbocycles. The van der Waals surface area contributed by atoms with E-state index in [1.165, 1.54) is 4.57 Å². The van der Waals surface area contributed by atoms with Gasteiger partial charge in [0.25, 0.3) is 6.43 Å². The van der Waals surface area contributed by atoms with Gasteiger partial charge in [-0.05, 0) is 47.7 Å². The van der Waals surface area contributed by atoms with E-state index in [0.717, 1.165) is 40.9 Å². The zero-order chi connectivity index (χ0) is 22.7. The first-order chi connectivity index (χ1) is 15.3. The standard InChI is InChI=1S/C23H26F2N6O/c1-27-12-15(13-28(27)2)17-8-14-6-5-7-31(19(14)10-18(17)21(24)25)16-9-20-22(26-11-16)30(4)23(32)29(20)3/h8-12,21H,5-7,13H2,1-4H3. The summed E-state index contributed by atoms with van der Waals surface area (Å²) in [6, 6.07) is 5.49. The van der Waals surface area contributed by atoms with E-state index in [1.54, 1.807) is 30.9 Å². The number of hydrogen-bond acceptors (Lipinski definition) is 5. The maximum Gasteiger partial charge on any atom is 0.329 e. The molecule has 0 saturated heterocycles. The summed E-state index contributed by atoms with van der Waals surface area (Å²) in [6.07, 6.45) is 2.80. The molecule has 0 bridgehead atoms. The molecule has 1 aromatic carbocycles. The highest BCUT2D eigenvalue weighted by Gasteiger charge is 2.27. The van der Waals surface area contributed by atoms with E-state index in [4.69, 9.17) is 0 Å². The minimum Gasteiger partial charge on any atom is -0.340 e. The second kappa shape index (κ2) is 7.44. The van der Waals surface area contributed by atoms with Gasteiger partial charge in [-0.15, -0.1) is 0 Å². The minimum atomic E-state index is -2.58. The molecule has 0 fully saturated rings. The molecule has 0 spiro atoms. The molecule has 4 heterocycles. The fraction of sp³-hybridized carbons (Fsp3) is 0.391. The van der Waals surface area contributed by atoms with Gasteiger partial charge < -0.3 is 9.91 Å². The topological polar surface area (TPSA) is 49.5 Å². The van der Waals surface area contributed by atoms with Crippen molar-refractivity contribution in [3.8, 4) is 0 Å². The summed E-state index contributed by atoms with van der Waals surface area (Å²) < 4.78 is 31.4. The summed E-state index contributed by atoms with van der Waals surface area (Å²) >= 11 is 0. The average Bonchev–Trinajstić information content (AvgIpc) is 3.23. The fourth-order valence-electron chi connectivity index (χ4n) is 4.76. The summed E-state index contributed by atoms with van der Waals surface area (Å²) in [5.41, 5.74) is 5.38. The van der Waals surface area contributed by atoms with Crippen LogP contribution in [0.5, 0.6) is 0 Å². The molecule has 0 aliphatic carbocycles. The molecule has 9 heteroatoms. The normalized spacial score (nSPS) is 16.9. The number of hydrazine groups is 1. The number of hydrogen-bond donors (Lipinski definition) is 0. The van der Waals surface area contributed by atoms with E-state index >= 15 is 0 Å². The number of imidazole rings is 1. The Morgan fingerprint density at radius 3 is 2.53 bits per heavy atom. The van der Waals surface area contributed by atoms with Gasteiger partial charge in [0, 0.05) is 58.7 Å². The molecule has 168 valence electrons. The zero-order valence-corrected chi connectivity index (χ0v) is 18.6. The maximum absolute atomic E-state index is 14.2. The molecule has 3 aromatic rings. The van der Waals surface area contributed by atoms with Crippen LogP contribution in [0.4, 0.5) is 20.2 Å². The number of halogens is 2. The molecule has 7 nitrogen and oxygen atoms in total. The van der Waals surface area contributed by atoms with Crippen LogP contribution in [0.3, 0.4) is 0 Å². The SMILES string of the molecule is CN1C=C(c2cc3c(cc2C(F)F)N(c2cnc4c(c2)n(C)c(=O)n4C)CCC3)CN1C. The van der Waals surface area contributed by atoms with Crippen molar-refractivity contribution < 1.29 is 8.78 Å². The zero-order valence-electron chi connectivity index (χ0n) is 18.6. The van der Waals surface area contributed by atoms with Gasteiger partial charge in [0.15, 0.2) is 5.65 Å². The third-order valence-corrected chi connectivity index (χ3v) is 6.63. The van der Waals surface area contributed by atoms with E-state index < -0.39 is 6.43 Å². The van der Waals surface area contributed by atoms with Gasteiger partial charge in [-0.3, -0.25) is 9.13 Å². The number of anilines is 2. The van der Waals surface area contributed by atoms with Crippen LogP contribution in [0.1, 0.15) is 29.5 Å². The highest BCUT2D eigenvalue weighted by atomic mass is 19.3. The van der Waals surface area contributed by atoms with Crippen molar-refractivity contribution in [2.24, 2.45) is 14.1 Å². The second-order valence-electron chi connectivity index (χ2n) is 8.60. The lowest BCUT2D eigenvalue weighted by atomic mass is 9.92. The summed E-state index contributed by atoms with van der Waals surface area (Å²) in [4.78, 5) is 18.8. The molecule has 0 N–H and O–H groups in total. The number of rotatable bonds is 3. The number of alkyl halides is 2. The number of aromatic nitrogens is 3. The Balaban J connectivity index is 1.63. The molecule has 0 radical (unpaired) electrons. The van der Waals surface area contributed by atoms with Crippen molar-refractivity contribution in [2.45, 2.75) is 19.3 Å². The van der Waals surface area contributed by atoms with Gasteiger partial charge in [0.1, 0.15) is 0 Å². The molecule has 0 unspecified atom stereocenters. The molecule has 5 rings (SSSR count). The van der Waals surface area contributed by atoms with Crippen LogP contribution in [0.15, 0.2) is 35.4 Å². The summed E-state index contributed by atoms with van der Waals surface area (Å²) in [6.45, 7) is 1.30. The lowest BCUT2D eigenvalue weighted by Crippen LogP contribution is -2.27. The predicted molar refractivity (Wildman–Crippen MR) is 121 cm³/mol. The molecule has 2 aliphatic heterocycles. The second-order valence-corrected chi connectivity index (χ2v) is 8.60. The summed E-state index contributed by atoms with van der Waals surface area (Å²) in [7, 11) is 7.25. The van der Waals surface area contributed by atoms with Crippen LogP contribution in [0, 0.1) is 0 Å². The van der Waals surface area contributed by atoms with Gasteiger partial charge in [-0.1, -0.05) is 0 Å². The molecular weight excluding hydrogens is 414 g/mol. The molecule has 2 aromatic heterocycles. The lowest BCUT2D eigenvalue weighted by molar-refractivity contribution is 0.118. The molecular formula is C23H26F2N6O. The first-order valence-electron chi connectivity index (χ1n) is 10.6. The Bertz CT molecular complexity index is 1310. The van der Waals surface area contributed by atoms with Gasteiger partial charge in [0.2, 0.25) is 0 Å². The lowest BCUT2D eigenvalue weighted by Gasteiger charge is -2.32. The Labute approximate surface area is 184 Å². The van der Waals surface area contributed by atoms with Crippen molar-refractivity contribution >= 4 is 28.1 Å². The van der Waals surface area contributed by atoms with E-state index in [2.05, 4.69) is 4.98 Å². The monoisotopic (exact) mass is 440 g/mol. The first-order valence-corrected chi connectivity index (χ1v) is 10.6. The largest absolute Gasteiger partial charge is 0.340 e.